The zero-order valence-corrected chi connectivity index (χ0v) is 17.5. The van der Waals surface area contributed by atoms with Crippen molar-refractivity contribution in [2.75, 3.05) is 0 Å². The fourth-order valence-corrected chi connectivity index (χ4v) is 5.54. The van der Waals surface area contributed by atoms with Gasteiger partial charge in [0.25, 0.3) is 0 Å². The van der Waals surface area contributed by atoms with Crippen LogP contribution in [0.3, 0.4) is 0 Å². The molecule has 0 aliphatic heterocycles. The summed E-state index contributed by atoms with van der Waals surface area (Å²) in [7, 11) is 0. The SMILES string of the molecule is CCCC1CCC2c3cc(F)c(-c4cc(F)c(OC(F)(F)F)c(F)c4)c(F)c3CCC2C1. The maximum absolute atomic E-state index is 15.4. The summed E-state index contributed by atoms with van der Waals surface area (Å²) in [6, 6.07) is 2.15. The van der Waals surface area contributed by atoms with Gasteiger partial charge in [-0.1, -0.05) is 19.8 Å². The summed E-state index contributed by atoms with van der Waals surface area (Å²) in [6.07, 6.45) is 0.936. The Hall–Kier alpha value is -2.25. The van der Waals surface area contributed by atoms with E-state index in [1.165, 1.54) is 6.07 Å². The smallest absolute Gasteiger partial charge is 0.399 e. The molecule has 32 heavy (non-hydrogen) atoms. The molecule has 2 aliphatic carbocycles. The zero-order chi connectivity index (χ0) is 23.2. The summed E-state index contributed by atoms with van der Waals surface area (Å²) in [5, 5.41) is 0. The van der Waals surface area contributed by atoms with Crippen LogP contribution in [-0.4, -0.2) is 6.36 Å². The van der Waals surface area contributed by atoms with E-state index < -0.39 is 46.5 Å². The molecule has 0 spiro atoms. The van der Waals surface area contributed by atoms with E-state index in [1.807, 2.05) is 0 Å². The molecule has 8 heteroatoms. The first kappa shape index (κ1) is 22.9. The van der Waals surface area contributed by atoms with Crippen LogP contribution in [0.4, 0.5) is 30.7 Å². The molecule has 0 heterocycles. The Labute approximate surface area is 181 Å². The summed E-state index contributed by atoms with van der Waals surface area (Å²) in [5.41, 5.74) is -0.222. The van der Waals surface area contributed by atoms with Gasteiger partial charge in [-0.25, -0.2) is 17.6 Å². The van der Waals surface area contributed by atoms with Crippen LogP contribution in [-0.2, 0) is 6.42 Å². The number of hydrogen-bond donors (Lipinski definition) is 0. The summed E-state index contributed by atoms with van der Waals surface area (Å²) in [6.45, 7) is 2.14. The summed E-state index contributed by atoms with van der Waals surface area (Å²) in [5.74, 6) is -5.91. The van der Waals surface area contributed by atoms with Crippen LogP contribution >= 0.6 is 0 Å². The van der Waals surface area contributed by atoms with Gasteiger partial charge in [-0.3, -0.25) is 0 Å². The van der Waals surface area contributed by atoms with E-state index in [-0.39, 0.29) is 5.92 Å². The van der Waals surface area contributed by atoms with E-state index in [0.717, 1.165) is 38.5 Å². The van der Waals surface area contributed by atoms with Gasteiger partial charge in [0, 0.05) is 0 Å². The number of halogens is 7. The normalized spacial score (nSPS) is 22.9. The van der Waals surface area contributed by atoms with Gasteiger partial charge in [0.2, 0.25) is 5.75 Å². The van der Waals surface area contributed by atoms with Crippen LogP contribution in [0.1, 0.15) is 62.5 Å². The maximum Gasteiger partial charge on any atom is 0.573 e. The first-order chi connectivity index (χ1) is 15.1. The van der Waals surface area contributed by atoms with Crippen molar-refractivity contribution in [1.82, 2.24) is 0 Å². The van der Waals surface area contributed by atoms with E-state index >= 15 is 8.78 Å². The summed E-state index contributed by atoms with van der Waals surface area (Å²) >= 11 is 0. The van der Waals surface area contributed by atoms with Crippen LogP contribution < -0.4 is 4.74 Å². The Bertz CT molecular complexity index is 991. The first-order valence-corrected chi connectivity index (χ1v) is 10.8. The quantitative estimate of drug-likeness (QED) is 0.420. The van der Waals surface area contributed by atoms with Gasteiger partial charge in [0.1, 0.15) is 11.6 Å². The number of hydrogen-bond acceptors (Lipinski definition) is 1. The lowest BCUT2D eigenvalue weighted by Gasteiger charge is -2.41. The molecule has 2 aromatic carbocycles. The molecular weight excluding hydrogens is 437 g/mol. The van der Waals surface area contributed by atoms with Crippen molar-refractivity contribution in [3.63, 3.8) is 0 Å². The van der Waals surface area contributed by atoms with Gasteiger partial charge >= 0.3 is 6.36 Å². The molecule has 0 amide bonds. The molecule has 3 atom stereocenters. The third kappa shape index (κ3) is 4.33. The topological polar surface area (TPSA) is 9.23 Å². The van der Waals surface area contributed by atoms with Crippen LogP contribution in [0.5, 0.6) is 5.75 Å². The lowest BCUT2D eigenvalue weighted by molar-refractivity contribution is -0.276. The molecule has 2 aliphatic rings. The van der Waals surface area contributed by atoms with Crippen molar-refractivity contribution in [3.05, 3.63) is 52.6 Å². The highest BCUT2D eigenvalue weighted by molar-refractivity contribution is 5.68. The Kier molecular flexibility index (Phi) is 6.16. The minimum absolute atomic E-state index is 0.0425. The standard InChI is InChI=1S/C24H23F7O/c1-2-3-12-4-6-15-13(8-12)5-7-16-17(15)11-18(25)21(22(16)28)14-9-19(26)23(20(27)10-14)32-24(29,30)31/h9-13,15H,2-8H2,1H3. The maximum atomic E-state index is 15.4. The fraction of sp³-hybridized carbons (Fsp3) is 0.500. The largest absolute Gasteiger partial charge is 0.573 e. The molecule has 174 valence electrons. The average molecular weight is 460 g/mol. The van der Waals surface area contributed by atoms with Gasteiger partial charge in [-0.2, -0.15) is 0 Å². The zero-order valence-electron chi connectivity index (χ0n) is 17.5. The fourth-order valence-electron chi connectivity index (χ4n) is 5.54. The van der Waals surface area contributed by atoms with Crippen molar-refractivity contribution >= 4 is 0 Å². The summed E-state index contributed by atoms with van der Waals surface area (Å²) < 4.78 is 99.2. The predicted molar refractivity (Wildman–Crippen MR) is 105 cm³/mol. The van der Waals surface area contributed by atoms with E-state index in [9.17, 15) is 22.0 Å². The third-order valence-electron chi connectivity index (χ3n) is 6.81. The van der Waals surface area contributed by atoms with Gasteiger partial charge in [-0.15, -0.1) is 13.2 Å². The van der Waals surface area contributed by atoms with E-state index in [4.69, 9.17) is 0 Å². The number of alkyl halides is 3. The van der Waals surface area contributed by atoms with Gasteiger partial charge in [0.05, 0.1) is 5.56 Å². The van der Waals surface area contributed by atoms with Gasteiger partial charge in [0.15, 0.2) is 11.6 Å². The Morgan fingerprint density at radius 2 is 1.62 bits per heavy atom. The van der Waals surface area contributed by atoms with Crippen molar-refractivity contribution in [1.29, 1.82) is 0 Å². The highest BCUT2D eigenvalue weighted by Gasteiger charge is 2.38. The second-order valence-electron chi connectivity index (χ2n) is 8.80. The Balaban J connectivity index is 1.70. The molecule has 0 aromatic heterocycles. The second kappa shape index (κ2) is 8.60. The van der Waals surface area contributed by atoms with Crippen molar-refractivity contribution < 1.29 is 35.5 Å². The van der Waals surface area contributed by atoms with E-state index in [1.54, 1.807) is 0 Å². The minimum Gasteiger partial charge on any atom is -0.399 e. The summed E-state index contributed by atoms with van der Waals surface area (Å²) in [4.78, 5) is 0. The molecule has 0 radical (unpaired) electrons. The van der Waals surface area contributed by atoms with Crippen molar-refractivity contribution in [3.8, 4) is 16.9 Å². The van der Waals surface area contributed by atoms with Crippen LogP contribution in [0.25, 0.3) is 11.1 Å². The van der Waals surface area contributed by atoms with Gasteiger partial charge < -0.3 is 4.74 Å². The molecule has 2 aromatic rings. The first-order valence-electron chi connectivity index (χ1n) is 10.8. The number of fused-ring (bicyclic) bond motifs is 3. The highest BCUT2D eigenvalue weighted by atomic mass is 19.4. The predicted octanol–water partition coefficient (Wildman–Crippen LogP) is 8.05. The molecule has 0 bridgehead atoms. The number of rotatable bonds is 4. The molecule has 4 rings (SSSR count). The second-order valence-corrected chi connectivity index (χ2v) is 8.80. The minimum atomic E-state index is -5.31. The number of ether oxygens (including phenoxy) is 1. The van der Waals surface area contributed by atoms with Gasteiger partial charge in [-0.05, 0) is 84.7 Å². The molecular formula is C24H23F7O. The highest BCUT2D eigenvalue weighted by Crippen LogP contribution is 2.49. The van der Waals surface area contributed by atoms with E-state index in [2.05, 4.69) is 11.7 Å². The Morgan fingerprint density at radius 3 is 2.25 bits per heavy atom. The molecule has 3 unspecified atom stereocenters. The van der Waals surface area contributed by atoms with Crippen LogP contribution in [0.2, 0.25) is 0 Å². The lowest BCUT2D eigenvalue weighted by atomic mass is 9.64. The lowest BCUT2D eigenvalue weighted by Crippen LogP contribution is -2.29. The molecule has 1 fully saturated rings. The monoisotopic (exact) mass is 460 g/mol. The van der Waals surface area contributed by atoms with Crippen LogP contribution in [0.15, 0.2) is 18.2 Å². The third-order valence-corrected chi connectivity index (χ3v) is 6.81. The molecule has 1 saturated carbocycles. The van der Waals surface area contributed by atoms with Crippen molar-refractivity contribution in [2.45, 2.75) is 64.1 Å². The number of benzene rings is 2. The van der Waals surface area contributed by atoms with Crippen LogP contribution in [0, 0.1) is 35.1 Å². The van der Waals surface area contributed by atoms with Crippen molar-refractivity contribution in [2.24, 2.45) is 11.8 Å². The molecule has 0 N–H and O–H groups in total. The van der Waals surface area contributed by atoms with E-state index in [0.29, 0.717) is 41.5 Å². The average Bonchev–Trinajstić information content (AvgIpc) is 2.70. The molecule has 0 saturated heterocycles. The molecule has 1 nitrogen and oxygen atoms in total. The Morgan fingerprint density at radius 1 is 0.938 bits per heavy atom.